The highest BCUT2D eigenvalue weighted by Gasteiger charge is 2.36. The van der Waals surface area contributed by atoms with Gasteiger partial charge in [-0.2, -0.15) is 13.2 Å². The van der Waals surface area contributed by atoms with Gasteiger partial charge >= 0.3 is 6.18 Å². The first-order chi connectivity index (χ1) is 9.59. The molecule has 1 aromatic heterocycles. The van der Waals surface area contributed by atoms with Crippen LogP contribution >= 0.6 is 0 Å². The van der Waals surface area contributed by atoms with Gasteiger partial charge in [0, 0.05) is 12.5 Å². The number of carbonyl (C=O) groups is 1. The lowest BCUT2D eigenvalue weighted by molar-refractivity contribution is -0.141. The molecule has 1 aliphatic rings. The highest BCUT2D eigenvalue weighted by molar-refractivity contribution is 7.90. The summed E-state index contributed by atoms with van der Waals surface area (Å²) in [5, 5.41) is -0.983. The third-order valence-corrected chi connectivity index (χ3v) is 3.37. The molecule has 112 valence electrons. The maximum atomic E-state index is 12.8. The van der Waals surface area contributed by atoms with Gasteiger partial charge in [0.05, 0.1) is 5.69 Å². The number of sulfone groups is 1. The molecule has 0 N–H and O–H groups in total. The monoisotopic (exact) mass is 319 g/mol. The van der Waals surface area contributed by atoms with E-state index in [1.165, 1.54) is 18.4 Å². The summed E-state index contributed by atoms with van der Waals surface area (Å²) in [6, 6.07) is 0.544. The van der Waals surface area contributed by atoms with Crippen molar-refractivity contribution in [3.05, 3.63) is 29.6 Å². The number of rotatable bonds is 2. The van der Waals surface area contributed by atoms with E-state index in [1.807, 2.05) is 0 Å². The van der Waals surface area contributed by atoms with E-state index < -0.39 is 38.7 Å². The van der Waals surface area contributed by atoms with E-state index >= 15 is 0 Å². The fourth-order valence-electron chi connectivity index (χ4n) is 1.58. The lowest BCUT2D eigenvalue weighted by atomic mass is 10.0. The third-order valence-electron chi connectivity index (χ3n) is 2.52. The van der Waals surface area contributed by atoms with Gasteiger partial charge < -0.3 is 0 Å². The molecular weight excluding hydrogens is 311 g/mol. The molecular formula is C11H8F3N3O3S. The van der Waals surface area contributed by atoms with Gasteiger partial charge in [-0.3, -0.25) is 4.79 Å². The van der Waals surface area contributed by atoms with E-state index in [4.69, 9.17) is 0 Å². The van der Waals surface area contributed by atoms with Crippen molar-refractivity contribution in [2.45, 2.75) is 17.3 Å². The second kappa shape index (κ2) is 5.02. The van der Waals surface area contributed by atoms with Crippen molar-refractivity contribution in [2.75, 3.05) is 6.26 Å². The molecule has 0 bridgehead atoms. The fourth-order valence-corrected chi connectivity index (χ4v) is 2.11. The summed E-state index contributed by atoms with van der Waals surface area (Å²) in [7, 11) is -4.06. The Morgan fingerprint density at radius 1 is 1.24 bits per heavy atom. The molecule has 1 aliphatic heterocycles. The van der Waals surface area contributed by atoms with Crippen LogP contribution in [-0.2, 0) is 20.8 Å². The van der Waals surface area contributed by atoms with Crippen LogP contribution in [0.15, 0.2) is 28.4 Å². The predicted molar refractivity (Wildman–Crippen MR) is 65.5 cm³/mol. The number of halogens is 3. The molecule has 2 rings (SSSR count). The van der Waals surface area contributed by atoms with Crippen LogP contribution in [0.4, 0.5) is 13.2 Å². The first kappa shape index (κ1) is 15.3. The van der Waals surface area contributed by atoms with Gasteiger partial charge in [-0.15, -0.1) is 0 Å². The van der Waals surface area contributed by atoms with Crippen molar-refractivity contribution in [3.8, 4) is 0 Å². The van der Waals surface area contributed by atoms with Crippen molar-refractivity contribution < 1.29 is 26.4 Å². The lowest BCUT2D eigenvalue weighted by Crippen LogP contribution is -2.19. The number of hydrogen-bond donors (Lipinski definition) is 0. The number of amides is 1. The Bertz CT molecular complexity index is 754. The minimum absolute atomic E-state index is 0.365. The average molecular weight is 319 g/mol. The van der Waals surface area contributed by atoms with Crippen LogP contribution in [0, 0.1) is 0 Å². The average Bonchev–Trinajstić information content (AvgIpc) is 2.36. The minimum atomic E-state index is -4.86. The predicted octanol–water partition coefficient (Wildman–Crippen LogP) is 1.15. The summed E-state index contributed by atoms with van der Waals surface area (Å²) in [6.45, 7) is 0. The number of nitrogens with zero attached hydrogens (tertiary/aromatic N) is 3. The molecule has 0 saturated heterocycles. The number of carbonyl (C=O) groups excluding carboxylic acids is 1. The molecule has 0 saturated carbocycles. The number of allylic oxidation sites excluding steroid dienone is 1. The van der Waals surface area contributed by atoms with Crippen molar-refractivity contribution in [1.29, 1.82) is 0 Å². The van der Waals surface area contributed by atoms with Crippen LogP contribution in [0.2, 0.25) is 0 Å². The summed E-state index contributed by atoms with van der Waals surface area (Å²) in [4.78, 5) is 21.6. The van der Waals surface area contributed by atoms with Gasteiger partial charge in [-0.1, -0.05) is 6.08 Å². The van der Waals surface area contributed by atoms with E-state index in [0.717, 1.165) is 0 Å². The van der Waals surface area contributed by atoms with Gasteiger partial charge in [0.2, 0.25) is 15.0 Å². The summed E-state index contributed by atoms with van der Waals surface area (Å²) >= 11 is 0. The molecule has 0 fully saturated rings. The number of hydrogen-bond acceptors (Lipinski definition) is 5. The van der Waals surface area contributed by atoms with E-state index in [9.17, 15) is 26.4 Å². The van der Waals surface area contributed by atoms with E-state index in [0.29, 0.717) is 12.3 Å². The van der Waals surface area contributed by atoms with Crippen molar-refractivity contribution in [1.82, 2.24) is 9.97 Å². The first-order valence-corrected chi connectivity index (χ1v) is 7.39. The van der Waals surface area contributed by atoms with Crippen LogP contribution in [-0.4, -0.2) is 36.8 Å². The Hall–Kier alpha value is -2.10. The molecule has 0 spiro atoms. The SMILES string of the molecule is CS(=O)(=O)c1nc(C2C=CC=NC2=O)cc(C(F)(F)F)n1. The molecule has 10 heteroatoms. The molecule has 1 unspecified atom stereocenters. The molecule has 0 aliphatic carbocycles. The molecule has 1 aromatic rings. The van der Waals surface area contributed by atoms with E-state index in [2.05, 4.69) is 15.0 Å². The number of alkyl halides is 3. The number of aliphatic imine (C=N–C) groups is 1. The van der Waals surface area contributed by atoms with Gasteiger partial charge in [0.1, 0.15) is 11.6 Å². The quantitative estimate of drug-likeness (QED) is 0.763. The molecule has 1 amide bonds. The van der Waals surface area contributed by atoms with Crippen molar-refractivity contribution in [2.24, 2.45) is 4.99 Å². The van der Waals surface area contributed by atoms with Crippen molar-refractivity contribution >= 4 is 22.0 Å². The Morgan fingerprint density at radius 2 is 1.90 bits per heavy atom. The van der Waals surface area contributed by atoms with Crippen LogP contribution < -0.4 is 0 Å². The molecule has 2 heterocycles. The zero-order chi connectivity index (χ0) is 15.8. The molecule has 1 atom stereocenters. The van der Waals surface area contributed by atoms with E-state index in [-0.39, 0.29) is 5.69 Å². The molecule has 0 aromatic carbocycles. The van der Waals surface area contributed by atoms with Gasteiger partial charge in [-0.05, 0) is 12.1 Å². The smallest absolute Gasteiger partial charge is 0.271 e. The molecule has 6 nitrogen and oxygen atoms in total. The first-order valence-electron chi connectivity index (χ1n) is 5.50. The topological polar surface area (TPSA) is 89.4 Å². The Balaban J connectivity index is 2.64. The Labute approximate surface area is 117 Å². The summed E-state index contributed by atoms with van der Waals surface area (Å²) in [6.07, 6.45) is -0.349. The highest BCUT2D eigenvalue weighted by atomic mass is 32.2. The van der Waals surface area contributed by atoms with Crippen molar-refractivity contribution in [3.63, 3.8) is 0 Å². The largest absolute Gasteiger partial charge is 0.433 e. The third kappa shape index (κ3) is 3.32. The van der Waals surface area contributed by atoms with Gasteiger partial charge in [-0.25, -0.2) is 23.4 Å². The summed E-state index contributed by atoms with van der Waals surface area (Å²) < 4.78 is 61.2. The minimum Gasteiger partial charge on any atom is -0.271 e. The van der Waals surface area contributed by atoms with E-state index in [1.54, 1.807) is 0 Å². The van der Waals surface area contributed by atoms with Gasteiger partial charge in [0.15, 0.2) is 0 Å². The van der Waals surface area contributed by atoms with Crippen LogP contribution in [0.5, 0.6) is 0 Å². The van der Waals surface area contributed by atoms with Crippen LogP contribution in [0.25, 0.3) is 0 Å². The zero-order valence-corrected chi connectivity index (χ0v) is 11.3. The van der Waals surface area contributed by atoms with Crippen LogP contribution in [0.1, 0.15) is 17.3 Å². The summed E-state index contributed by atoms with van der Waals surface area (Å²) in [5.41, 5.74) is -1.79. The Morgan fingerprint density at radius 3 is 2.43 bits per heavy atom. The second-order valence-corrected chi connectivity index (χ2v) is 6.12. The van der Waals surface area contributed by atoms with Gasteiger partial charge in [0.25, 0.3) is 5.91 Å². The highest BCUT2D eigenvalue weighted by Crippen LogP contribution is 2.30. The number of dihydropyridines is 1. The zero-order valence-electron chi connectivity index (χ0n) is 10.5. The van der Waals surface area contributed by atoms with Crippen LogP contribution in [0.3, 0.4) is 0 Å². The standard InChI is InChI=1S/C11H8F3N3O3S/c1-21(19,20)10-16-7(5-8(17-10)11(12,13)14)6-3-2-4-15-9(6)18/h2-6H,1H3. The fraction of sp³-hybridized carbons (Fsp3) is 0.273. The maximum Gasteiger partial charge on any atom is 0.433 e. The second-order valence-electron chi connectivity index (χ2n) is 4.21. The lowest BCUT2D eigenvalue weighted by Gasteiger charge is -2.14. The molecule has 21 heavy (non-hydrogen) atoms. The Kier molecular flexibility index (Phi) is 3.66. The molecule has 0 radical (unpaired) electrons. The number of aromatic nitrogens is 2. The summed E-state index contributed by atoms with van der Waals surface area (Å²) in [5.74, 6) is -1.90. The maximum absolute atomic E-state index is 12.8. The normalized spacial score (nSPS) is 19.0.